The smallest absolute Gasteiger partial charge is 0.306 e. The predicted molar refractivity (Wildman–Crippen MR) is 215 cm³/mol. The molecule has 0 unspecified atom stereocenters. The molecule has 0 saturated heterocycles. The van der Waals surface area contributed by atoms with Gasteiger partial charge in [0.15, 0.2) is 6.10 Å². The highest BCUT2D eigenvalue weighted by molar-refractivity contribution is 5.71. The summed E-state index contributed by atoms with van der Waals surface area (Å²) in [7, 11) is 0. The second-order valence-corrected chi connectivity index (χ2v) is 15.8. The Morgan fingerprint density at radius 1 is 0.373 bits per heavy atom. The molecular weight excluding hydrogens is 636 g/mol. The maximum absolute atomic E-state index is 12.5. The van der Waals surface area contributed by atoms with Gasteiger partial charge in [-0.25, -0.2) is 0 Å². The van der Waals surface area contributed by atoms with Crippen molar-refractivity contribution in [1.29, 1.82) is 0 Å². The quantitative estimate of drug-likeness (QED) is 0.0356. The number of hydrogen-bond acceptors (Lipinski definition) is 6. The van der Waals surface area contributed by atoms with Crippen molar-refractivity contribution in [3.63, 3.8) is 0 Å². The number of hydrogen-bond donors (Lipinski definition) is 0. The van der Waals surface area contributed by atoms with E-state index in [0.717, 1.165) is 70.1 Å². The first-order valence-corrected chi connectivity index (χ1v) is 22.4. The third-order valence-electron chi connectivity index (χ3n) is 10.0. The van der Waals surface area contributed by atoms with Crippen LogP contribution < -0.4 is 0 Å². The Hall–Kier alpha value is -1.59. The lowest BCUT2D eigenvalue weighted by Crippen LogP contribution is -2.30. The van der Waals surface area contributed by atoms with Crippen LogP contribution in [0.4, 0.5) is 0 Å². The molecule has 6 heteroatoms. The van der Waals surface area contributed by atoms with Gasteiger partial charge in [-0.15, -0.1) is 0 Å². The van der Waals surface area contributed by atoms with Crippen molar-refractivity contribution in [2.45, 2.75) is 252 Å². The summed E-state index contributed by atoms with van der Waals surface area (Å²) in [6.45, 7) is 8.84. The van der Waals surface area contributed by atoms with Gasteiger partial charge in [-0.3, -0.25) is 14.4 Å². The van der Waals surface area contributed by atoms with Crippen molar-refractivity contribution in [1.82, 2.24) is 0 Å². The Labute approximate surface area is 317 Å². The molecule has 0 heterocycles. The first kappa shape index (κ1) is 49.4. The molecule has 1 atom stereocenters. The molecule has 0 aromatic rings. The van der Waals surface area contributed by atoms with Gasteiger partial charge in [0.25, 0.3) is 0 Å². The topological polar surface area (TPSA) is 78.9 Å². The Balaban J connectivity index is 4.05. The number of rotatable bonds is 40. The molecule has 302 valence electrons. The summed E-state index contributed by atoms with van der Waals surface area (Å²) in [5.74, 6) is -0.112. The van der Waals surface area contributed by atoms with E-state index in [-0.39, 0.29) is 31.1 Å². The minimum Gasteiger partial charge on any atom is -0.462 e. The summed E-state index contributed by atoms with van der Waals surface area (Å²) in [5.41, 5.74) is 0. The molecule has 0 rings (SSSR count). The number of unbranched alkanes of at least 4 members (excludes halogenated alkanes) is 27. The highest BCUT2D eigenvalue weighted by atomic mass is 16.6. The van der Waals surface area contributed by atoms with Crippen LogP contribution in [0.5, 0.6) is 0 Å². The van der Waals surface area contributed by atoms with Gasteiger partial charge < -0.3 is 14.2 Å². The summed E-state index contributed by atoms with van der Waals surface area (Å²) in [6, 6.07) is 0. The molecule has 0 radical (unpaired) electrons. The first-order valence-electron chi connectivity index (χ1n) is 22.4. The van der Waals surface area contributed by atoms with Crippen LogP contribution in [0.15, 0.2) is 0 Å². The minimum atomic E-state index is -0.757. The summed E-state index contributed by atoms with van der Waals surface area (Å²) < 4.78 is 16.6. The number of esters is 3. The van der Waals surface area contributed by atoms with Crippen LogP contribution >= 0.6 is 0 Å². The van der Waals surface area contributed by atoms with E-state index in [1.807, 2.05) is 0 Å². The van der Waals surface area contributed by atoms with Crippen LogP contribution in [0.25, 0.3) is 0 Å². The third-order valence-corrected chi connectivity index (χ3v) is 10.0. The average molecular weight is 723 g/mol. The predicted octanol–water partition coefficient (Wildman–Crippen LogP) is 13.9. The summed E-state index contributed by atoms with van der Waals surface area (Å²) in [5, 5.41) is 0. The molecule has 0 saturated carbocycles. The fourth-order valence-electron chi connectivity index (χ4n) is 6.63. The zero-order valence-corrected chi connectivity index (χ0v) is 34.6. The molecule has 0 aliphatic carbocycles. The van der Waals surface area contributed by atoms with Gasteiger partial charge in [-0.1, -0.05) is 207 Å². The number of carbonyl (C=O) groups excluding carboxylic acids is 3. The van der Waals surface area contributed by atoms with Gasteiger partial charge >= 0.3 is 17.9 Å². The maximum Gasteiger partial charge on any atom is 0.306 e. The Bertz CT molecular complexity index is 766. The fourth-order valence-corrected chi connectivity index (χ4v) is 6.63. The number of carbonyl (C=O) groups is 3. The monoisotopic (exact) mass is 723 g/mol. The van der Waals surface area contributed by atoms with Crippen molar-refractivity contribution in [3.05, 3.63) is 0 Å². The van der Waals surface area contributed by atoms with E-state index < -0.39 is 6.10 Å². The van der Waals surface area contributed by atoms with E-state index in [2.05, 4.69) is 27.7 Å². The van der Waals surface area contributed by atoms with E-state index in [4.69, 9.17) is 14.2 Å². The largest absolute Gasteiger partial charge is 0.462 e. The van der Waals surface area contributed by atoms with Gasteiger partial charge in [0.2, 0.25) is 0 Å². The Morgan fingerprint density at radius 3 is 0.961 bits per heavy atom. The molecule has 0 fully saturated rings. The lowest BCUT2D eigenvalue weighted by Gasteiger charge is -2.18. The van der Waals surface area contributed by atoms with E-state index in [1.54, 1.807) is 0 Å². The molecule has 0 aromatic carbocycles. The molecule has 0 amide bonds. The van der Waals surface area contributed by atoms with Crippen LogP contribution in [0, 0.1) is 5.92 Å². The molecular formula is C45H86O6. The van der Waals surface area contributed by atoms with Crippen LogP contribution in [0.3, 0.4) is 0 Å². The van der Waals surface area contributed by atoms with Crippen LogP contribution in [-0.4, -0.2) is 37.2 Å². The van der Waals surface area contributed by atoms with Crippen molar-refractivity contribution < 1.29 is 28.6 Å². The summed E-state index contributed by atoms with van der Waals surface area (Å²) in [4.78, 5) is 37.3. The normalized spacial score (nSPS) is 11.9. The van der Waals surface area contributed by atoms with Crippen LogP contribution in [0.1, 0.15) is 246 Å². The fraction of sp³-hybridized carbons (Fsp3) is 0.933. The second-order valence-electron chi connectivity index (χ2n) is 15.8. The molecule has 6 nitrogen and oxygen atoms in total. The lowest BCUT2D eigenvalue weighted by atomic mass is 10.0. The van der Waals surface area contributed by atoms with Gasteiger partial charge in [0.1, 0.15) is 13.2 Å². The minimum absolute atomic E-state index is 0.0663. The highest BCUT2D eigenvalue weighted by Gasteiger charge is 2.19. The summed E-state index contributed by atoms with van der Waals surface area (Å²) >= 11 is 0. The molecule has 0 aliphatic heterocycles. The molecule has 0 aliphatic rings. The Kier molecular flexibility index (Phi) is 38.4. The zero-order valence-electron chi connectivity index (χ0n) is 34.6. The standard InChI is InChI=1S/C45H86O6/c1-5-7-9-11-12-13-14-15-16-17-18-19-20-21-22-23-24-29-32-36-43(46)49-39-42(51-45(48)38-34-27-10-8-6-2)40-50-44(47)37-33-30-26-25-28-31-35-41(3)4/h41-42H,5-40H2,1-4H3/t42-/m0/s1. The molecule has 0 N–H and O–H groups in total. The van der Waals surface area contributed by atoms with Gasteiger partial charge in [0.05, 0.1) is 0 Å². The van der Waals surface area contributed by atoms with E-state index in [1.165, 1.54) is 135 Å². The van der Waals surface area contributed by atoms with Gasteiger partial charge in [0, 0.05) is 19.3 Å². The second kappa shape index (κ2) is 39.6. The first-order chi connectivity index (χ1) is 24.9. The highest BCUT2D eigenvalue weighted by Crippen LogP contribution is 2.16. The van der Waals surface area contributed by atoms with Crippen LogP contribution in [0.2, 0.25) is 0 Å². The van der Waals surface area contributed by atoms with Crippen molar-refractivity contribution in [3.8, 4) is 0 Å². The van der Waals surface area contributed by atoms with Crippen molar-refractivity contribution in [2.75, 3.05) is 13.2 Å². The zero-order chi connectivity index (χ0) is 37.5. The molecule has 0 bridgehead atoms. The Morgan fingerprint density at radius 2 is 0.647 bits per heavy atom. The third kappa shape index (κ3) is 39.5. The van der Waals surface area contributed by atoms with Crippen molar-refractivity contribution in [2.24, 2.45) is 5.92 Å². The number of ether oxygens (including phenoxy) is 3. The van der Waals surface area contributed by atoms with E-state index in [0.29, 0.717) is 19.3 Å². The molecule has 0 spiro atoms. The SMILES string of the molecule is CCCCCCCCCCCCCCCCCCCCCC(=O)OC[C@@H](COC(=O)CCCCCCCCC(C)C)OC(=O)CCCCCCC. The average Bonchev–Trinajstić information content (AvgIpc) is 3.11. The van der Waals surface area contributed by atoms with Crippen LogP contribution in [-0.2, 0) is 28.6 Å². The van der Waals surface area contributed by atoms with E-state index >= 15 is 0 Å². The molecule has 0 aromatic heterocycles. The van der Waals surface area contributed by atoms with Gasteiger partial charge in [-0.05, 0) is 25.2 Å². The van der Waals surface area contributed by atoms with Gasteiger partial charge in [-0.2, -0.15) is 0 Å². The van der Waals surface area contributed by atoms with Crippen molar-refractivity contribution >= 4 is 17.9 Å². The van der Waals surface area contributed by atoms with E-state index in [9.17, 15) is 14.4 Å². The maximum atomic E-state index is 12.5. The molecule has 51 heavy (non-hydrogen) atoms. The summed E-state index contributed by atoms with van der Waals surface area (Å²) in [6.07, 6.45) is 38.6. The lowest BCUT2D eigenvalue weighted by molar-refractivity contribution is -0.167.